The van der Waals surface area contributed by atoms with E-state index in [0.717, 1.165) is 12.8 Å². The summed E-state index contributed by atoms with van der Waals surface area (Å²) in [7, 11) is 0. The van der Waals surface area contributed by atoms with Crippen molar-refractivity contribution in [1.29, 1.82) is 0 Å². The minimum absolute atomic E-state index is 0.115. The smallest absolute Gasteiger partial charge is 0.0258 e. The summed E-state index contributed by atoms with van der Waals surface area (Å²) in [6.07, 6.45) is 2.00. The van der Waals surface area contributed by atoms with Crippen molar-refractivity contribution in [2.75, 3.05) is 0 Å². The Hall–Kier alpha value is -0.440. The molecule has 0 unspecified atom stereocenters. The quantitative estimate of drug-likeness (QED) is 0.493. The van der Waals surface area contributed by atoms with Crippen LogP contribution in [0.2, 0.25) is 0 Å². The summed E-state index contributed by atoms with van der Waals surface area (Å²) in [5, 5.41) is 0. The summed E-state index contributed by atoms with van der Waals surface area (Å²) in [6.45, 7) is 11.5. The van der Waals surface area contributed by atoms with Crippen LogP contribution in [0.25, 0.3) is 0 Å². The topological polar surface area (TPSA) is 0 Å². The van der Waals surface area contributed by atoms with E-state index < -0.39 is 0 Å². The van der Waals surface area contributed by atoms with Gasteiger partial charge in [-0.3, -0.25) is 0 Å². The third-order valence-electron chi connectivity index (χ3n) is 1.23. The van der Waals surface area contributed by atoms with E-state index in [0.29, 0.717) is 0 Å². The number of rotatable bonds is 2. The molecule has 0 heteroatoms. The van der Waals surface area contributed by atoms with Crippen LogP contribution in [0.15, 0.2) is 0 Å². The van der Waals surface area contributed by atoms with E-state index >= 15 is 0 Å². The van der Waals surface area contributed by atoms with Gasteiger partial charge in [0.2, 0.25) is 0 Å². The van der Waals surface area contributed by atoms with Gasteiger partial charge >= 0.3 is 0 Å². The first-order valence-electron chi connectivity index (χ1n) is 3.21. The Morgan fingerprint density at radius 3 is 2.33 bits per heavy atom. The zero-order chi connectivity index (χ0) is 7.33. The fourth-order valence-corrected chi connectivity index (χ4v) is 0.744. The Kier molecular flexibility index (Phi) is 3.39. The van der Waals surface area contributed by atoms with Crippen molar-refractivity contribution in [2.45, 2.75) is 26.7 Å². The fourth-order valence-electron chi connectivity index (χ4n) is 0.744. The van der Waals surface area contributed by atoms with Gasteiger partial charge in [0, 0.05) is 12.3 Å². The predicted molar refractivity (Wildman–Crippen MR) is 41.5 cm³/mol. The lowest BCUT2D eigenvalue weighted by Crippen LogP contribution is -2.06. The molecule has 0 aromatic heterocycles. The highest BCUT2D eigenvalue weighted by Gasteiger charge is 2.10. The molecule has 0 fully saturated rings. The van der Waals surface area contributed by atoms with Crippen molar-refractivity contribution in [3.05, 3.63) is 13.8 Å². The van der Waals surface area contributed by atoms with E-state index in [2.05, 4.69) is 39.5 Å². The molecule has 0 bridgehead atoms. The van der Waals surface area contributed by atoms with Gasteiger partial charge in [0.15, 0.2) is 0 Å². The van der Waals surface area contributed by atoms with Crippen molar-refractivity contribution < 1.29 is 0 Å². The van der Waals surface area contributed by atoms with Crippen molar-refractivity contribution in [1.82, 2.24) is 0 Å². The maximum atomic E-state index is 3.76. The van der Waals surface area contributed by atoms with Crippen molar-refractivity contribution >= 4 is 0 Å². The van der Waals surface area contributed by atoms with Gasteiger partial charge in [-0.1, -0.05) is 19.3 Å². The molecule has 0 aliphatic heterocycles. The molecule has 2 radical (unpaired) electrons. The molecule has 0 N–H and O–H groups in total. The minimum Gasteiger partial charge on any atom is -0.102 e. The Labute approximate surface area is 58.7 Å². The molecule has 0 rings (SSSR count). The molecule has 0 aliphatic carbocycles. The van der Waals surface area contributed by atoms with E-state index in [1.807, 2.05) is 0 Å². The summed E-state index contributed by atoms with van der Waals surface area (Å²) in [4.78, 5) is 0. The third kappa shape index (κ3) is 4.09. The molecule has 0 aromatic rings. The van der Waals surface area contributed by atoms with Crippen LogP contribution in [0.3, 0.4) is 0 Å². The molecule has 0 atom stereocenters. The fraction of sp³-hybridized carbons (Fsp3) is 0.556. The molecule has 0 spiro atoms. The minimum atomic E-state index is 0.115. The first-order chi connectivity index (χ1) is 4.12. The zero-order valence-corrected chi connectivity index (χ0v) is 6.33. The Bertz CT molecular complexity index is 121. The molecule has 0 aromatic carbocycles. The van der Waals surface area contributed by atoms with Crippen LogP contribution in [0, 0.1) is 31.1 Å². The monoisotopic (exact) mass is 122 g/mol. The molecule has 0 aliphatic rings. The van der Waals surface area contributed by atoms with Crippen LogP contribution < -0.4 is 0 Å². The first-order valence-corrected chi connectivity index (χ1v) is 3.21. The van der Waals surface area contributed by atoms with Crippen LogP contribution in [0.5, 0.6) is 0 Å². The number of hydrogen-bond donors (Lipinski definition) is 0. The molecular formula is C9H14. The lowest BCUT2D eigenvalue weighted by molar-refractivity contribution is 0.462. The first kappa shape index (κ1) is 8.56. The van der Waals surface area contributed by atoms with E-state index in [9.17, 15) is 0 Å². The lowest BCUT2D eigenvalue weighted by atomic mass is 9.89. The number of hydrogen-bond acceptors (Lipinski definition) is 0. The molecule has 0 saturated carbocycles. The standard InChI is InChI=1S/C9H14/c1-5-7-9(3,4)8-6-2/h1-2,5,7H2,3-4H3. The molecule has 0 nitrogen and oxygen atoms in total. The highest BCUT2D eigenvalue weighted by Crippen LogP contribution is 2.19. The van der Waals surface area contributed by atoms with Gasteiger partial charge in [-0.2, -0.15) is 0 Å². The second-order valence-corrected chi connectivity index (χ2v) is 2.79. The van der Waals surface area contributed by atoms with Crippen LogP contribution in [0.1, 0.15) is 26.7 Å². The van der Waals surface area contributed by atoms with E-state index in [4.69, 9.17) is 0 Å². The third-order valence-corrected chi connectivity index (χ3v) is 1.23. The van der Waals surface area contributed by atoms with Crippen LogP contribution in [-0.4, -0.2) is 0 Å². The molecule has 0 saturated heterocycles. The Morgan fingerprint density at radius 1 is 1.44 bits per heavy atom. The maximum Gasteiger partial charge on any atom is 0.0258 e. The zero-order valence-electron chi connectivity index (χ0n) is 6.33. The van der Waals surface area contributed by atoms with Crippen molar-refractivity contribution in [3.63, 3.8) is 0 Å². The van der Waals surface area contributed by atoms with E-state index in [1.54, 1.807) is 0 Å². The highest BCUT2D eigenvalue weighted by molar-refractivity contribution is 5.10. The SMILES string of the molecule is [CH2]C#CC(C)(C)CC[CH2]. The van der Waals surface area contributed by atoms with Gasteiger partial charge in [-0.25, -0.2) is 0 Å². The molecule has 9 heavy (non-hydrogen) atoms. The summed E-state index contributed by atoms with van der Waals surface area (Å²) < 4.78 is 0. The van der Waals surface area contributed by atoms with Gasteiger partial charge in [0.25, 0.3) is 0 Å². The van der Waals surface area contributed by atoms with Crippen molar-refractivity contribution in [3.8, 4) is 11.8 Å². The van der Waals surface area contributed by atoms with Gasteiger partial charge in [0.1, 0.15) is 0 Å². The van der Waals surface area contributed by atoms with Crippen LogP contribution >= 0.6 is 0 Å². The second kappa shape index (κ2) is 3.56. The summed E-state index contributed by atoms with van der Waals surface area (Å²) in [5.41, 5.74) is 0.115. The Morgan fingerprint density at radius 2 is 2.00 bits per heavy atom. The lowest BCUT2D eigenvalue weighted by Gasteiger charge is -2.14. The molecule has 0 heterocycles. The molecule has 50 valence electrons. The summed E-state index contributed by atoms with van der Waals surface area (Å²) in [6, 6.07) is 0. The van der Waals surface area contributed by atoms with Gasteiger partial charge in [-0.05, 0) is 20.3 Å². The average Bonchev–Trinajstić information content (AvgIpc) is 1.64. The Balaban J connectivity index is 3.80. The van der Waals surface area contributed by atoms with Gasteiger partial charge < -0.3 is 0 Å². The van der Waals surface area contributed by atoms with Gasteiger partial charge in [-0.15, -0.1) is 5.92 Å². The molecule has 0 amide bonds. The summed E-state index contributed by atoms with van der Waals surface area (Å²) >= 11 is 0. The second-order valence-electron chi connectivity index (χ2n) is 2.79. The maximum absolute atomic E-state index is 3.76. The van der Waals surface area contributed by atoms with E-state index in [-0.39, 0.29) is 5.41 Å². The summed E-state index contributed by atoms with van der Waals surface area (Å²) in [5.74, 6) is 5.69. The van der Waals surface area contributed by atoms with Crippen molar-refractivity contribution in [2.24, 2.45) is 5.41 Å². The predicted octanol–water partition coefficient (Wildman–Crippen LogP) is 2.46. The largest absolute Gasteiger partial charge is 0.102 e. The van der Waals surface area contributed by atoms with Crippen LogP contribution in [-0.2, 0) is 0 Å². The highest BCUT2D eigenvalue weighted by atomic mass is 14.1. The van der Waals surface area contributed by atoms with E-state index in [1.165, 1.54) is 0 Å². The van der Waals surface area contributed by atoms with Gasteiger partial charge in [0.05, 0.1) is 0 Å². The normalized spacial score (nSPS) is 10.2. The average molecular weight is 122 g/mol. The van der Waals surface area contributed by atoms with Crippen LogP contribution in [0.4, 0.5) is 0 Å². The molecular weight excluding hydrogens is 108 g/mol.